The third-order valence-electron chi connectivity index (χ3n) is 4.87. The molecule has 0 aliphatic carbocycles. The van der Waals surface area contributed by atoms with E-state index in [2.05, 4.69) is 31.2 Å². The van der Waals surface area contributed by atoms with Crippen LogP contribution in [-0.4, -0.2) is 27.4 Å². The molecule has 5 nitrogen and oxygen atoms in total. The van der Waals surface area contributed by atoms with Crippen molar-refractivity contribution < 1.29 is 4.79 Å². The third-order valence-corrected chi connectivity index (χ3v) is 7.24. The lowest BCUT2D eigenvalue weighted by Crippen LogP contribution is -2.53. The van der Waals surface area contributed by atoms with Crippen LogP contribution in [-0.2, 0) is 4.79 Å². The molecule has 7 heteroatoms. The number of anilines is 2. The lowest BCUT2D eigenvalue weighted by Gasteiger charge is -2.39. The molecule has 3 aromatic rings. The number of hydrazone groups is 1. The maximum absolute atomic E-state index is 12.9. The molecule has 0 radical (unpaired) electrons. The largest absolute Gasteiger partial charge is 0.273 e. The number of fused-ring (bicyclic) bond motifs is 1. The van der Waals surface area contributed by atoms with Crippen LogP contribution in [0.25, 0.3) is 10.2 Å². The average molecular weight is 395 g/mol. The minimum absolute atomic E-state index is 0.0843. The summed E-state index contributed by atoms with van der Waals surface area (Å²) in [5, 5.41) is 7.55. The fraction of sp³-hybridized carbons (Fsp3) is 0.250. The normalized spacial score (nSPS) is 22.3. The maximum atomic E-state index is 12.9. The summed E-state index contributed by atoms with van der Waals surface area (Å²) in [4.78, 5) is 19.0. The zero-order chi connectivity index (χ0) is 18.6. The number of carbonyl (C=O) groups excluding carboxylic acids is 1. The molecular formula is C20H18N4OS2. The molecule has 0 bridgehead atoms. The Morgan fingerprint density at radius 3 is 2.63 bits per heavy atom. The lowest BCUT2D eigenvalue weighted by molar-refractivity contribution is -0.116. The van der Waals surface area contributed by atoms with Crippen molar-refractivity contribution in [1.29, 1.82) is 0 Å². The zero-order valence-electron chi connectivity index (χ0n) is 15.0. The topological polar surface area (TPSA) is 48.8 Å². The standard InChI is InChI=1S/C20H18N4OS2/c1-13-7-9-15(10-8-13)24-20(11-14(2)22-24)23(18(25)12-26-20)19-21-16-5-3-4-6-17(16)27-19/h3-10H,11-12H2,1-2H3/t20-/m1/s1. The first-order valence-corrected chi connectivity index (χ1v) is 10.6. The molecular weight excluding hydrogens is 376 g/mol. The van der Waals surface area contributed by atoms with Gasteiger partial charge in [0.1, 0.15) is 0 Å². The van der Waals surface area contributed by atoms with Crippen LogP contribution >= 0.6 is 23.1 Å². The van der Waals surface area contributed by atoms with Crippen LogP contribution in [0.4, 0.5) is 10.8 Å². The minimum Gasteiger partial charge on any atom is -0.273 e. The van der Waals surface area contributed by atoms with Gasteiger partial charge in [0.2, 0.25) is 5.91 Å². The number of benzene rings is 2. The minimum atomic E-state index is -0.579. The summed E-state index contributed by atoms with van der Waals surface area (Å²) in [5.74, 6) is 0.516. The first-order chi connectivity index (χ1) is 13.1. The number of hydrogen-bond donors (Lipinski definition) is 0. The summed E-state index contributed by atoms with van der Waals surface area (Å²) in [6.45, 7) is 4.09. The van der Waals surface area contributed by atoms with Crippen molar-refractivity contribution in [1.82, 2.24) is 4.98 Å². The van der Waals surface area contributed by atoms with E-state index in [1.54, 1.807) is 23.1 Å². The van der Waals surface area contributed by atoms with Gasteiger partial charge in [-0.05, 0) is 38.1 Å². The molecule has 27 heavy (non-hydrogen) atoms. The maximum Gasteiger partial charge on any atom is 0.241 e. The Labute approximate surface area is 165 Å². The van der Waals surface area contributed by atoms with E-state index in [1.807, 2.05) is 41.1 Å². The van der Waals surface area contributed by atoms with E-state index in [0.717, 1.165) is 26.7 Å². The van der Waals surface area contributed by atoms with Gasteiger partial charge in [0.15, 0.2) is 10.1 Å². The second-order valence-electron chi connectivity index (χ2n) is 6.88. The number of amides is 1. The van der Waals surface area contributed by atoms with Crippen LogP contribution in [0.5, 0.6) is 0 Å². The zero-order valence-corrected chi connectivity index (χ0v) is 16.7. The number of nitrogens with zero attached hydrogens (tertiary/aromatic N) is 4. The predicted octanol–water partition coefficient (Wildman–Crippen LogP) is 4.62. The Kier molecular flexibility index (Phi) is 3.77. The molecule has 1 spiro atoms. The van der Waals surface area contributed by atoms with Gasteiger partial charge in [-0.15, -0.1) is 0 Å². The molecule has 1 fully saturated rings. The van der Waals surface area contributed by atoms with Gasteiger partial charge in [-0.3, -0.25) is 9.69 Å². The van der Waals surface area contributed by atoms with Crippen LogP contribution in [0.15, 0.2) is 53.6 Å². The van der Waals surface area contributed by atoms with Crippen LogP contribution in [0.2, 0.25) is 0 Å². The van der Waals surface area contributed by atoms with E-state index in [0.29, 0.717) is 12.2 Å². The number of aromatic nitrogens is 1. The van der Waals surface area contributed by atoms with Crippen molar-refractivity contribution in [2.75, 3.05) is 15.7 Å². The average Bonchev–Trinajstić information content (AvgIpc) is 3.31. The van der Waals surface area contributed by atoms with Gasteiger partial charge in [0, 0.05) is 12.1 Å². The van der Waals surface area contributed by atoms with Crippen molar-refractivity contribution >= 4 is 55.8 Å². The fourth-order valence-electron chi connectivity index (χ4n) is 3.64. The summed E-state index contributed by atoms with van der Waals surface area (Å²) in [5.41, 5.74) is 4.13. The van der Waals surface area contributed by atoms with Crippen molar-refractivity contribution in [3.8, 4) is 0 Å². The fourth-order valence-corrected chi connectivity index (χ4v) is 6.12. The van der Waals surface area contributed by atoms with E-state index in [4.69, 9.17) is 10.1 Å². The molecule has 3 heterocycles. The molecule has 2 aliphatic rings. The first-order valence-electron chi connectivity index (χ1n) is 8.80. The van der Waals surface area contributed by atoms with E-state index in [-0.39, 0.29) is 5.91 Å². The molecule has 1 atom stereocenters. The Hall–Kier alpha value is -2.38. The Balaban J connectivity index is 1.64. The van der Waals surface area contributed by atoms with E-state index >= 15 is 0 Å². The molecule has 136 valence electrons. The van der Waals surface area contributed by atoms with E-state index in [1.165, 1.54) is 5.56 Å². The molecule has 2 aromatic carbocycles. The highest BCUT2D eigenvalue weighted by atomic mass is 32.2. The second kappa shape index (κ2) is 6.07. The highest BCUT2D eigenvalue weighted by molar-refractivity contribution is 8.02. The van der Waals surface area contributed by atoms with Gasteiger partial charge in [0.05, 0.1) is 21.7 Å². The molecule has 0 saturated carbocycles. The van der Waals surface area contributed by atoms with Crippen LogP contribution in [0.3, 0.4) is 0 Å². The molecule has 1 aromatic heterocycles. The number of carbonyl (C=O) groups is 1. The summed E-state index contributed by atoms with van der Waals surface area (Å²) >= 11 is 3.20. The van der Waals surface area contributed by atoms with Crippen molar-refractivity contribution in [3.05, 3.63) is 54.1 Å². The van der Waals surface area contributed by atoms with E-state index in [9.17, 15) is 4.79 Å². The van der Waals surface area contributed by atoms with Gasteiger partial charge < -0.3 is 0 Å². The summed E-state index contributed by atoms with van der Waals surface area (Å²) in [7, 11) is 0. The molecule has 0 unspecified atom stereocenters. The van der Waals surface area contributed by atoms with Crippen LogP contribution < -0.4 is 9.91 Å². The SMILES string of the molecule is CC1=NN(c2ccc(C)cc2)[C@]2(C1)SCC(=O)N2c1nc2ccccc2s1. The number of thiazole rings is 1. The predicted molar refractivity (Wildman–Crippen MR) is 114 cm³/mol. The van der Waals surface area contributed by atoms with Gasteiger partial charge in [0.25, 0.3) is 0 Å². The highest BCUT2D eigenvalue weighted by Crippen LogP contribution is 2.50. The number of hydrogen-bond acceptors (Lipinski definition) is 6. The quantitative estimate of drug-likeness (QED) is 0.636. The van der Waals surface area contributed by atoms with Crippen molar-refractivity contribution in [2.24, 2.45) is 5.10 Å². The smallest absolute Gasteiger partial charge is 0.241 e. The summed E-state index contributed by atoms with van der Waals surface area (Å²) in [6.07, 6.45) is 0.702. The second-order valence-corrected chi connectivity index (χ2v) is 9.12. The monoisotopic (exact) mass is 394 g/mol. The molecule has 5 rings (SSSR count). The molecule has 2 aliphatic heterocycles. The Bertz CT molecular complexity index is 1040. The number of aryl methyl sites for hydroxylation is 1. The lowest BCUT2D eigenvalue weighted by atomic mass is 10.2. The van der Waals surface area contributed by atoms with Crippen LogP contribution in [0.1, 0.15) is 18.9 Å². The molecule has 1 amide bonds. The van der Waals surface area contributed by atoms with Crippen LogP contribution in [0, 0.1) is 6.92 Å². The Morgan fingerprint density at radius 2 is 1.85 bits per heavy atom. The number of thioether (sulfide) groups is 1. The van der Waals surface area contributed by atoms with E-state index < -0.39 is 4.99 Å². The first kappa shape index (κ1) is 16.8. The molecule has 0 N–H and O–H groups in total. The third kappa shape index (κ3) is 2.56. The highest BCUT2D eigenvalue weighted by Gasteiger charge is 2.56. The number of para-hydroxylation sites is 1. The van der Waals surface area contributed by atoms with Gasteiger partial charge >= 0.3 is 0 Å². The van der Waals surface area contributed by atoms with Crippen molar-refractivity contribution in [2.45, 2.75) is 25.3 Å². The van der Waals surface area contributed by atoms with Gasteiger partial charge in [-0.25, -0.2) is 9.99 Å². The molecule has 1 saturated heterocycles. The Morgan fingerprint density at radius 1 is 1.07 bits per heavy atom. The van der Waals surface area contributed by atoms with Crippen molar-refractivity contribution in [3.63, 3.8) is 0 Å². The van der Waals surface area contributed by atoms with Gasteiger partial charge in [-0.1, -0.05) is 52.9 Å². The number of rotatable bonds is 2. The summed E-state index contributed by atoms with van der Waals surface area (Å²) in [6, 6.07) is 16.3. The summed E-state index contributed by atoms with van der Waals surface area (Å²) < 4.78 is 1.09. The van der Waals surface area contributed by atoms with Gasteiger partial charge in [-0.2, -0.15) is 5.10 Å².